The van der Waals surface area contributed by atoms with Gasteiger partial charge < -0.3 is 19.4 Å². The number of hydrogen-bond donors (Lipinski definition) is 1. The Bertz CT molecular complexity index is 1170. The molecule has 0 fully saturated rings. The number of rotatable bonds is 6. The van der Waals surface area contributed by atoms with E-state index in [1.54, 1.807) is 32.4 Å². The fourth-order valence-electron chi connectivity index (χ4n) is 3.19. The molecule has 0 saturated carbocycles. The standard InChI is InChI=1S/C22H20N4O3/c1-28-18-8-7-15(11-19(18)29-2)12-22(27)25-20-13-21(24-14-23-20)26-10-9-16-5-3-4-6-17(16)26/h3-11,13-14H,12H2,1-2H3,(H,23,24,25,27). The summed E-state index contributed by atoms with van der Waals surface area (Å²) in [6.07, 6.45) is 3.57. The van der Waals surface area contributed by atoms with Crippen LogP contribution in [-0.4, -0.2) is 34.7 Å². The highest BCUT2D eigenvalue weighted by atomic mass is 16.5. The topological polar surface area (TPSA) is 78.3 Å². The fourth-order valence-corrected chi connectivity index (χ4v) is 3.19. The quantitative estimate of drug-likeness (QED) is 0.546. The van der Waals surface area contributed by atoms with Crippen molar-refractivity contribution in [1.29, 1.82) is 0 Å². The second-order valence-corrected chi connectivity index (χ2v) is 6.42. The summed E-state index contributed by atoms with van der Waals surface area (Å²) in [5, 5.41) is 3.95. The van der Waals surface area contributed by atoms with Crippen molar-refractivity contribution >= 4 is 22.6 Å². The van der Waals surface area contributed by atoms with Crippen LogP contribution in [-0.2, 0) is 11.2 Å². The van der Waals surface area contributed by atoms with Crippen LogP contribution < -0.4 is 14.8 Å². The summed E-state index contributed by atoms with van der Waals surface area (Å²) in [5.41, 5.74) is 1.85. The van der Waals surface area contributed by atoms with E-state index in [9.17, 15) is 4.79 Å². The molecule has 0 unspecified atom stereocenters. The number of aromatic nitrogens is 3. The summed E-state index contributed by atoms with van der Waals surface area (Å²) in [6, 6.07) is 17.2. The molecule has 0 bridgehead atoms. The second kappa shape index (κ2) is 8.02. The van der Waals surface area contributed by atoms with E-state index < -0.39 is 0 Å². The first-order valence-corrected chi connectivity index (χ1v) is 9.07. The van der Waals surface area contributed by atoms with Gasteiger partial charge in [-0.2, -0.15) is 0 Å². The van der Waals surface area contributed by atoms with Crippen LogP contribution in [0.15, 0.2) is 67.1 Å². The minimum absolute atomic E-state index is 0.181. The maximum absolute atomic E-state index is 12.5. The Balaban J connectivity index is 1.51. The molecule has 1 N–H and O–H groups in total. The van der Waals surface area contributed by atoms with Gasteiger partial charge in [0.1, 0.15) is 18.0 Å². The number of nitrogens with zero attached hydrogens (tertiary/aromatic N) is 3. The van der Waals surface area contributed by atoms with Crippen LogP contribution in [0.4, 0.5) is 5.82 Å². The van der Waals surface area contributed by atoms with Crippen molar-refractivity contribution in [3.8, 4) is 17.3 Å². The van der Waals surface area contributed by atoms with Gasteiger partial charge in [0, 0.05) is 12.3 Å². The number of para-hydroxylation sites is 1. The molecule has 4 aromatic rings. The van der Waals surface area contributed by atoms with E-state index in [0.29, 0.717) is 23.1 Å². The van der Waals surface area contributed by atoms with Crippen molar-refractivity contribution in [2.75, 3.05) is 19.5 Å². The molecule has 7 heteroatoms. The molecule has 4 rings (SSSR count). The minimum atomic E-state index is -0.181. The molecule has 0 saturated heterocycles. The average molecular weight is 388 g/mol. The van der Waals surface area contributed by atoms with Gasteiger partial charge in [0.15, 0.2) is 11.5 Å². The Labute approximate surface area is 167 Å². The number of benzene rings is 2. The lowest BCUT2D eigenvalue weighted by Crippen LogP contribution is -2.16. The molecule has 0 radical (unpaired) electrons. The number of carbonyl (C=O) groups is 1. The predicted molar refractivity (Wildman–Crippen MR) is 111 cm³/mol. The van der Waals surface area contributed by atoms with E-state index in [1.807, 2.05) is 47.2 Å². The molecule has 0 aliphatic rings. The number of carbonyl (C=O) groups excluding carboxylic acids is 1. The van der Waals surface area contributed by atoms with Crippen LogP contribution >= 0.6 is 0 Å². The van der Waals surface area contributed by atoms with Crippen LogP contribution in [0, 0.1) is 0 Å². The number of nitrogens with one attached hydrogen (secondary N) is 1. The summed E-state index contributed by atoms with van der Waals surface area (Å²) in [4.78, 5) is 21.0. The molecule has 1 amide bonds. The van der Waals surface area contributed by atoms with E-state index in [-0.39, 0.29) is 12.3 Å². The average Bonchev–Trinajstić information content (AvgIpc) is 3.18. The first-order chi connectivity index (χ1) is 14.2. The van der Waals surface area contributed by atoms with Crippen molar-refractivity contribution < 1.29 is 14.3 Å². The molecule has 0 aliphatic carbocycles. The lowest BCUT2D eigenvalue weighted by atomic mass is 10.1. The van der Waals surface area contributed by atoms with Gasteiger partial charge >= 0.3 is 0 Å². The van der Waals surface area contributed by atoms with Crippen molar-refractivity contribution in [2.24, 2.45) is 0 Å². The number of anilines is 1. The Morgan fingerprint density at radius 1 is 1.00 bits per heavy atom. The van der Waals surface area contributed by atoms with Gasteiger partial charge in [-0.3, -0.25) is 4.79 Å². The molecular weight excluding hydrogens is 368 g/mol. The maximum Gasteiger partial charge on any atom is 0.229 e. The summed E-state index contributed by atoms with van der Waals surface area (Å²) < 4.78 is 12.5. The van der Waals surface area contributed by atoms with E-state index in [0.717, 1.165) is 16.5 Å². The van der Waals surface area contributed by atoms with Crippen molar-refractivity contribution in [3.05, 3.63) is 72.7 Å². The maximum atomic E-state index is 12.5. The molecule has 29 heavy (non-hydrogen) atoms. The highest BCUT2D eigenvalue weighted by Gasteiger charge is 2.11. The highest BCUT2D eigenvalue weighted by Crippen LogP contribution is 2.27. The third kappa shape index (κ3) is 3.89. The van der Waals surface area contributed by atoms with Gasteiger partial charge in [-0.1, -0.05) is 24.3 Å². The van der Waals surface area contributed by atoms with E-state index in [1.165, 1.54) is 6.33 Å². The number of fused-ring (bicyclic) bond motifs is 1. The summed E-state index contributed by atoms with van der Waals surface area (Å²) in [7, 11) is 3.14. The predicted octanol–water partition coefficient (Wildman–Crippen LogP) is 3.62. The monoisotopic (exact) mass is 388 g/mol. The van der Waals surface area contributed by atoms with E-state index in [4.69, 9.17) is 9.47 Å². The lowest BCUT2D eigenvalue weighted by Gasteiger charge is -2.10. The second-order valence-electron chi connectivity index (χ2n) is 6.42. The van der Waals surface area contributed by atoms with Crippen LogP contribution in [0.2, 0.25) is 0 Å². The van der Waals surface area contributed by atoms with Gasteiger partial charge in [0.2, 0.25) is 5.91 Å². The molecule has 0 atom stereocenters. The lowest BCUT2D eigenvalue weighted by molar-refractivity contribution is -0.115. The molecule has 2 aromatic carbocycles. The molecule has 146 valence electrons. The zero-order valence-electron chi connectivity index (χ0n) is 16.1. The molecular formula is C22H20N4O3. The Kier molecular flexibility index (Phi) is 5.11. The summed E-state index contributed by atoms with van der Waals surface area (Å²) in [6.45, 7) is 0. The highest BCUT2D eigenvalue weighted by molar-refractivity contribution is 5.91. The smallest absolute Gasteiger partial charge is 0.229 e. The van der Waals surface area contributed by atoms with Crippen molar-refractivity contribution in [3.63, 3.8) is 0 Å². The Hall–Kier alpha value is -3.87. The SMILES string of the molecule is COc1ccc(CC(=O)Nc2cc(-n3ccc4ccccc43)ncn2)cc1OC. The first kappa shape index (κ1) is 18.5. The van der Waals surface area contributed by atoms with Crippen LogP contribution in [0.25, 0.3) is 16.7 Å². The fraction of sp³-hybridized carbons (Fsp3) is 0.136. The largest absolute Gasteiger partial charge is 0.493 e. The number of amides is 1. The molecule has 0 aliphatic heterocycles. The van der Waals surface area contributed by atoms with Crippen LogP contribution in [0.5, 0.6) is 11.5 Å². The van der Waals surface area contributed by atoms with Crippen molar-refractivity contribution in [2.45, 2.75) is 6.42 Å². The van der Waals surface area contributed by atoms with Crippen LogP contribution in [0.1, 0.15) is 5.56 Å². The zero-order chi connectivity index (χ0) is 20.2. The number of ether oxygens (including phenoxy) is 2. The Morgan fingerprint density at radius 3 is 2.66 bits per heavy atom. The van der Waals surface area contributed by atoms with Gasteiger partial charge in [-0.25, -0.2) is 9.97 Å². The number of methoxy groups -OCH3 is 2. The van der Waals surface area contributed by atoms with E-state index in [2.05, 4.69) is 15.3 Å². The Morgan fingerprint density at radius 2 is 1.83 bits per heavy atom. The third-order valence-electron chi connectivity index (χ3n) is 4.58. The molecule has 2 heterocycles. The van der Waals surface area contributed by atoms with E-state index >= 15 is 0 Å². The first-order valence-electron chi connectivity index (χ1n) is 9.07. The minimum Gasteiger partial charge on any atom is -0.493 e. The summed E-state index contributed by atoms with van der Waals surface area (Å²) >= 11 is 0. The van der Waals surface area contributed by atoms with Crippen LogP contribution in [0.3, 0.4) is 0 Å². The molecule has 7 nitrogen and oxygen atoms in total. The van der Waals surface area contributed by atoms with Gasteiger partial charge in [0.05, 0.1) is 26.2 Å². The number of hydrogen-bond acceptors (Lipinski definition) is 5. The van der Waals surface area contributed by atoms with Gasteiger partial charge in [0.25, 0.3) is 0 Å². The normalized spacial score (nSPS) is 10.7. The van der Waals surface area contributed by atoms with Gasteiger partial charge in [-0.15, -0.1) is 0 Å². The van der Waals surface area contributed by atoms with Gasteiger partial charge in [-0.05, 0) is 35.2 Å². The summed E-state index contributed by atoms with van der Waals surface area (Å²) in [5.74, 6) is 2.15. The zero-order valence-corrected chi connectivity index (χ0v) is 16.1. The van der Waals surface area contributed by atoms with Crippen molar-refractivity contribution in [1.82, 2.24) is 14.5 Å². The molecule has 0 spiro atoms. The third-order valence-corrected chi connectivity index (χ3v) is 4.58. The molecule has 2 aromatic heterocycles.